The number of hydrogen-bond donors (Lipinski definition) is 3. The summed E-state index contributed by atoms with van der Waals surface area (Å²) in [5.41, 5.74) is 6.40. The van der Waals surface area contributed by atoms with Crippen LogP contribution in [-0.2, 0) is 16.0 Å². The van der Waals surface area contributed by atoms with Crippen LogP contribution in [0.2, 0.25) is 0 Å². The van der Waals surface area contributed by atoms with Gasteiger partial charge >= 0.3 is 11.9 Å². The number of benzene rings is 1. The maximum absolute atomic E-state index is 12.0. The van der Waals surface area contributed by atoms with E-state index in [1.54, 1.807) is 12.1 Å². The third kappa shape index (κ3) is 7.10. The molecule has 23 heavy (non-hydrogen) atoms. The Morgan fingerprint density at radius 3 is 2.35 bits per heavy atom. The van der Waals surface area contributed by atoms with Gasteiger partial charge in [-0.15, -0.1) is 0 Å². The molecule has 7 heteroatoms. The average molecular weight is 327 g/mol. The number of carbonyl (C=O) groups is 2. The smallest absolute Gasteiger partial charge is 0.320 e. The second kappa shape index (κ2) is 9.78. The van der Waals surface area contributed by atoms with E-state index < -0.39 is 30.6 Å². The number of aliphatic carboxylic acids is 2. The van der Waals surface area contributed by atoms with Gasteiger partial charge in [-0.05, 0) is 43.4 Å². The monoisotopic (exact) mass is 327 g/mol. The van der Waals surface area contributed by atoms with Crippen molar-refractivity contribution < 1.29 is 28.9 Å². The van der Waals surface area contributed by atoms with Crippen LogP contribution in [-0.4, -0.2) is 41.5 Å². The molecule has 0 aromatic heterocycles. The van der Waals surface area contributed by atoms with E-state index in [1.165, 1.54) is 0 Å². The standard InChI is InChI=1S/C16H22FNO5/c17-8-9-23-13-6-4-11(5-7-13)2-1-3-12(15(19)20)10-14(18)16(21)22/h4-7,12,14H,1-3,8-10,18H2,(H,19,20)(H,21,22)/t12?,14-/m0/s1. The number of halogens is 1. The molecular weight excluding hydrogens is 305 g/mol. The third-order valence-corrected chi connectivity index (χ3v) is 3.49. The van der Waals surface area contributed by atoms with Gasteiger partial charge in [0, 0.05) is 0 Å². The quantitative estimate of drug-likeness (QED) is 0.572. The van der Waals surface area contributed by atoms with Crippen molar-refractivity contribution in [3.63, 3.8) is 0 Å². The van der Waals surface area contributed by atoms with Gasteiger partial charge in [0.25, 0.3) is 0 Å². The SMILES string of the molecule is N[C@@H](CC(CCCc1ccc(OCCF)cc1)C(=O)O)C(=O)O. The number of carboxylic acids is 2. The van der Waals surface area contributed by atoms with E-state index >= 15 is 0 Å². The lowest BCUT2D eigenvalue weighted by Gasteiger charge is -2.14. The number of hydrogen-bond acceptors (Lipinski definition) is 4. The predicted octanol–water partition coefficient (Wildman–Crippen LogP) is 1.86. The van der Waals surface area contributed by atoms with E-state index in [1.807, 2.05) is 12.1 Å². The summed E-state index contributed by atoms with van der Waals surface area (Å²) >= 11 is 0. The summed E-state index contributed by atoms with van der Waals surface area (Å²) in [6.07, 6.45) is 1.54. The molecule has 4 N–H and O–H groups in total. The molecule has 0 aliphatic heterocycles. The highest BCUT2D eigenvalue weighted by molar-refractivity contribution is 5.75. The molecule has 0 aliphatic carbocycles. The molecule has 0 bridgehead atoms. The van der Waals surface area contributed by atoms with Gasteiger partial charge in [0.1, 0.15) is 25.1 Å². The lowest BCUT2D eigenvalue weighted by molar-refractivity contribution is -0.143. The molecule has 6 nitrogen and oxygen atoms in total. The Bertz CT molecular complexity index is 506. The minimum Gasteiger partial charge on any atom is -0.491 e. The Morgan fingerprint density at radius 2 is 1.83 bits per heavy atom. The first-order valence-corrected chi connectivity index (χ1v) is 7.43. The van der Waals surface area contributed by atoms with Gasteiger partial charge in [-0.2, -0.15) is 0 Å². The van der Waals surface area contributed by atoms with E-state index in [-0.39, 0.29) is 13.0 Å². The van der Waals surface area contributed by atoms with Crippen LogP contribution < -0.4 is 10.5 Å². The van der Waals surface area contributed by atoms with E-state index in [9.17, 15) is 14.0 Å². The van der Waals surface area contributed by atoms with E-state index in [4.69, 9.17) is 20.7 Å². The zero-order valence-electron chi connectivity index (χ0n) is 12.8. The number of alkyl halides is 1. The summed E-state index contributed by atoms with van der Waals surface area (Å²) in [5.74, 6) is -2.41. The third-order valence-electron chi connectivity index (χ3n) is 3.49. The molecular formula is C16H22FNO5. The van der Waals surface area contributed by atoms with Gasteiger partial charge in [0.05, 0.1) is 5.92 Å². The average Bonchev–Trinajstić information content (AvgIpc) is 2.52. The Morgan fingerprint density at radius 1 is 1.17 bits per heavy atom. The van der Waals surface area contributed by atoms with E-state index in [0.29, 0.717) is 25.0 Å². The van der Waals surface area contributed by atoms with Crippen LogP contribution in [0.15, 0.2) is 24.3 Å². The fourth-order valence-corrected chi connectivity index (χ4v) is 2.21. The van der Waals surface area contributed by atoms with Gasteiger partial charge in [-0.1, -0.05) is 12.1 Å². The molecule has 1 rings (SSSR count). The van der Waals surface area contributed by atoms with Crippen LogP contribution >= 0.6 is 0 Å². The second-order valence-electron chi connectivity index (χ2n) is 5.29. The molecule has 2 atom stereocenters. The number of aryl methyl sites for hydroxylation is 1. The zero-order valence-corrected chi connectivity index (χ0v) is 12.8. The van der Waals surface area contributed by atoms with Crippen molar-refractivity contribution in [2.24, 2.45) is 11.7 Å². The van der Waals surface area contributed by atoms with Crippen molar-refractivity contribution in [2.45, 2.75) is 31.7 Å². The largest absolute Gasteiger partial charge is 0.491 e. The van der Waals surface area contributed by atoms with Crippen LogP contribution in [0.4, 0.5) is 4.39 Å². The molecule has 0 saturated heterocycles. The Labute approximate surface area is 134 Å². The highest BCUT2D eigenvalue weighted by Crippen LogP contribution is 2.18. The maximum atomic E-state index is 12.0. The van der Waals surface area contributed by atoms with Gasteiger partial charge in [0.15, 0.2) is 0 Å². The molecule has 0 fully saturated rings. The van der Waals surface area contributed by atoms with E-state index in [2.05, 4.69) is 0 Å². The summed E-state index contributed by atoms with van der Waals surface area (Å²) in [6.45, 7) is -0.528. The van der Waals surface area contributed by atoms with Crippen LogP contribution in [0.5, 0.6) is 5.75 Å². The zero-order chi connectivity index (χ0) is 17.2. The first-order valence-electron chi connectivity index (χ1n) is 7.43. The van der Waals surface area contributed by atoms with Gasteiger partial charge < -0.3 is 20.7 Å². The molecule has 0 saturated carbocycles. The molecule has 0 radical (unpaired) electrons. The Balaban J connectivity index is 2.43. The lowest BCUT2D eigenvalue weighted by atomic mass is 9.93. The molecule has 1 aromatic rings. The van der Waals surface area contributed by atoms with Crippen molar-refractivity contribution in [1.82, 2.24) is 0 Å². The number of carboxylic acid groups (broad SMARTS) is 2. The molecule has 0 heterocycles. The van der Waals surface area contributed by atoms with Crippen molar-refractivity contribution >= 4 is 11.9 Å². The summed E-state index contributed by atoms with van der Waals surface area (Å²) in [5, 5.41) is 17.9. The van der Waals surface area contributed by atoms with Crippen molar-refractivity contribution in [1.29, 1.82) is 0 Å². The fraction of sp³-hybridized carbons (Fsp3) is 0.500. The van der Waals surface area contributed by atoms with E-state index in [0.717, 1.165) is 5.56 Å². The molecule has 0 spiro atoms. The second-order valence-corrected chi connectivity index (χ2v) is 5.29. The normalized spacial score (nSPS) is 13.3. The summed E-state index contributed by atoms with van der Waals surface area (Å²) < 4.78 is 17.1. The molecule has 0 aliphatic rings. The molecule has 1 aromatic carbocycles. The summed E-state index contributed by atoms with van der Waals surface area (Å²) in [6, 6.07) is 5.99. The lowest BCUT2D eigenvalue weighted by Crippen LogP contribution is -2.34. The van der Waals surface area contributed by atoms with Crippen LogP contribution in [0.25, 0.3) is 0 Å². The number of rotatable bonds is 11. The van der Waals surface area contributed by atoms with Gasteiger partial charge in [-0.3, -0.25) is 9.59 Å². The topological polar surface area (TPSA) is 110 Å². The van der Waals surface area contributed by atoms with Crippen LogP contribution in [0.1, 0.15) is 24.8 Å². The molecule has 1 unspecified atom stereocenters. The predicted molar refractivity (Wildman–Crippen MR) is 82.2 cm³/mol. The highest BCUT2D eigenvalue weighted by Gasteiger charge is 2.23. The summed E-state index contributed by atoms with van der Waals surface area (Å²) in [4.78, 5) is 21.9. The van der Waals surface area contributed by atoms with Gasteiger partial charge in [0.2, 0.25) is 0 Å². The van der Waals surface area contributed by atoms with Crippen molar-refractivity contribution in [3.05, 3.63) is 29.8 Å². The first kappa shape index (κ1) is 18.9. The summed E-state index contributed by atoms with van der Waals surface area (Å²) in [7, 11) is 0. The van der Waals surface area contributed by atoms with Gasteiger partial charge in [-0.25, -0.2) is 4.39 Å². The van der Waals surface area contributed by atoms with Crippen molar-refractivity contribution in [3.8, 4) is 5.75 Å². The van der Waals surface area contributed by atoms with Crippen LogP contribution in [0, 0.1) is 5.92 Å². The number of ether oxygens (including phenoxy) is 1. The minimum atomic E-state index is -1.19. The highest BCUT2D eigenvalue weighted by atomic mass is 19.1. The first-order chi connectivity index (χ1) is 10.9. The van der Waals surface area contributed by atoms with Crippen LogP contribution in [0.3, 0.4) is 0 Å². The minimum absolute atomic E-state index is 0.0173. The maximum Gasteiger partial charge on any atom is 0.320 e. The Kier molecular flexibility index (Phi) is 8.04. The number of nitrogens with two attached hydrogens (primary N) is 1. The molecule has 0 amide bonds. The molecule has 128 valence electrons. The fourth-order valence-electron chi connectivity index (χ4n) is 2.21. The Hall–Kier alpha value is -2.15. The van der Waals surface area contributed by atoms with Crippen molar-refractivity contribution in [2.75, 3.05) is 13.3 Å².